The van der Waals surface area contributed by atoms with Crippen molar-refractivity contribution in [1.82, 2.24) is 9.97 Å². The van der Waals surface area contributed by atoms with Crippen LogP contribution >= 0.6 is 27.5 Å². The van der Waals surface area contributed by atoms with Crippen LogP contribution in [0.5, 0.6) is 0 Å². The van der Waals surface area contributed by atoms with Crippen molar-refractivity contribution < 1.29 is 18.1 Å². The van der Waals surface area contributed by atoms with Gasteiger partial charge in [-0.25, -0.2) is 4.98 Å². The average molecular weight is 476 g/mol. The summed E-state index contributed by atoms with van der Waals surface area (Å²) in [4.78, 5) is 18.6. The number of anilines is 1. The number of halogens is 5. The SMILES string of the molecule is CC(Nc1nc(Cl)cc2ncc(Br)cc12)c1cc([N+](=O)[O-])cc(C(F)(F)F)c1. The molecule has 0 aliphatic rings. The minimum Gasteiger partial charge on any atom is -0.363 e. The molecule has 0 bridgehead atoms. The van der Waals surface area contributed by atoms with E-state index in [4.69, 9.17) is 11.6 Å². The van der Waals surface area contributed by atoms with E-state index in [2.05, 4.69) is 31.2 Å². The summed E-state index contributed by atoms with van der Waals surface area (Å²) in [5.41, 5.74) is -1.13. The van der Waals surface area contributed by atoms with Gasteiger partial charge in [-0.3, -0.25) is 15.1 Å². The third-order valence-electron chi connectivity index (χ3n) is 3.95. The smallest absolute Gasteiger partial charge is 0.363 e. The fourth-order valence-electron chi connectivity index (χ4n) is 2.62. The lowest BCUT2D eigenvalue weighted by atomic mass is 10.0. The quantitative estimate of drug-likeness (QED) is 0.278. The topological polar surface area (TPSA) is 81.0 Å². The molecule has 28 heavy (non-hydrogen) atoms. The van der Waals surface area contributed by atoms with Crippen molar-refractivity contribution >= 4 is 49.9 Å². The van der Waals surface area contributed by atoms with E-state index >= 15 is 0 Å². The van der Waals surface area contributed by atoms with E-state index in [1.54, 1.807) is 25.3 Å². The number of nitrogens with zero attached hydrogens (tertiary/aromatic N) is 3. The molecule has 1 unspecified atom stereocenters. The molecule has 2 heterocycles. The second-order valence-corrected chi connectivity index (χ2v) is 7.25. The largest absolute Gasteiger partial charge is 0.416 e. The van der Waals surface area contributed by atoms with Crippen LogP contribution in [0.4, 0.5) is 24.7 Å². The molecule has 6 nitrogen and oxygen atoms in total. The normalized spacial score (nSPS) is 12.8. The number of hydrogen-bond donors (Lipinski definition) is 1. The molecule has 0 aliphatic carbocycles. The van der Waals surface area contributed by atoms with Crippen LogP contribution in [-0.4, -0.2) is 14.9 Å². The second-order valence-electron chi connectivity index (χ2n) is 5.95. The van der Waals surface area contributed by atoms with E-state index in [0.717, 1.165) is 12.1 Å². The van der Waals surface area contributed by atoms with Crippen LogP contribution in [0.3, 0.4) is 0 Å². The molecule has 146 valence electrons. The molecule has 3 aromatic rings. The molecule has 3 rings (SSSR count). The molecule has 0 saturated carbocycles. The number of fused-ring (bicyclic) bond motifs is 1. The number of rotatable bonds is 4. The van der Waals surface area contributed by atoms with Gasteiger partial charge in [0.15, 0.2) is 0 Å². The van der Waals surface area contributed by atoms with Gasteiger partial charge in [-0.2, -0.15) is 13.2 Å². The zero-order chi connectivity index (χ0) is 20.6. The van der Waals surface area contributed by atoms with Crippen molar-refractivity contribution in [3.05, 3.63) is 67.4 Å². The number of aromatic nitrogens is 2. The summed E-state index contributed by atoms with van der Waals surface area (Å²) in [6, 6.07) is 5.02. The van der Waals surface area contributed by atoms with Crippen molar-refractivity contribution in [2.24, 2.45) is 0 Å². The Morgan fingerprint density at radius 2 is 1.96 bits per heavy atom. The number of nitrogens with one attached hydrogen (secondary N) is 1. The maximum atomic E-state index is 13.1. The van der Waals surface area contributed by atoms with Gasteiger partial charge in [0.1, 0.15) is 11.0 Å². The summed E-state index contributed by atoms with van der Waals surface area (Å²) >= 11 is 9.31. The Hall–Kier alpha value is -2.46. The van der Waals surface area contributed by atoms with Gasteiger partial charge < -0.3 is 5.32 Å². The molecule has 0 radical (unpaired) electrons. The Morgan fingerprint density at radius 3 is 2.61 bits per heavy atom. The summed E-state index contributed by atoms with van der Waals surface area (Å²) in [5, 5.41) is 14.7. The molecule has 11 heteroatoms. The van der Waals surface area contributed by atoms with E-state index < -0.39 is 28.4 Å². The first-order valence-corrected chi connectivity index (χ1v) is 8.96. The summed E-state index contributed by atoms with van der Waals surface area (Å²) in [5.74, 6) is 0.295. The number of alkyl halides is 3. The van der Waals surface area contributed by atoms with Crippen molar-refractivity contribution in [1.29, 1.82) is 0 Å². The highest BCUT2D eigenvalue weighted by Crippen LogP contribution is 2.35. The van der Waals surface area contributed by atoms with Crippen LogP contribution in [-0.2, 0) is 6.18 Å². The third kappa shape index (κ3) is 4.33. The number of pyridine rings is 2. The molecule has 0 spiro atoms. The number of non-ortho nitro benzene ring substituents is 1. The Bertz CT molecular complexity index is 1080. The first-order chi connectivity index (χ1) is 13.0. The van der Waals surface area contributed by atoms with Gasteiger partial charge in [-0.1, -0.05) is 11.6 Å². The number of nitro groups is 1. The van der Waals surface area contributed by atoms with E-state index in [1.807, 2.05) is 0 Å². The van der Waals surface area contributed by atoms with Gasteiger partial charge in [0.2, 0.25) is 0 Å². The van der Waals surface area contributed by atoms with Crippen LogP contribution in [0, 0.1) is 10.1 Å². The minimum atomic E-state index is -4.71. The molecule has 2 aromatic heterocycles. The van der Waals surface area contributed by atoms with Gasteiger partial charge in [-0.15, -0.1) is 0 Å². The summed E-state index contributed by atoms with van der Waals surface area (Å²) in [6.07, 6.45) is -3.14. The van der Waals surface area contributed by atoms with Crippen molar-refractivity contribution in [3.63, 3.8) is 0 Å². The molecular formula is C17H11BrClF3N4O2. The Balaban J connectivity index is 2.05. The molecule has 0 amide bonds. The monoisotopic (exact) mass is 474 g/mol. The van der Waals surface area contributed by atoms with Gasteiger partial charge in [-0.05, 0) is 40.5 Å². The third-order valence-corrected chi connectivity index (χ3v) is 4.57. The fraction of sp³-hybridized carbons (Fsp3) is 0.176. The maximum absolute atomic E-state index is 13.1. The van der Waals surface area contributed by atoms with Gasteiger partial charge >= 0.3 is 6.18 Å². The summed E-state index contributed by atoms with van der Waals surface area (Å²) in [7, 11) is 0. The van der Waals surface area contributed by atoms with Crippen LogP contribution in [0.15, 0.2) is 41.0 Å². The summed E-state index contributed by atoms with van der Waals surface area (Å²) in [6.45, 7) is 1.57. The standard InChI is InChI=1S/C17H11BrClF3N4O2/c1-8(9-2-10(17(20,21)22)4-12(3-9)26(27)28)24-16-13-5-11(18)7-23-14(13)6-15(19)25-16/h2-8H,1H3,(H,24,25). The lowest BCUT2D eigenvalue weighted by Gasteiger charge is -2.18. The number of benzene rings is 1. The van der Waals surface area contributed by atoms with Crippen LogP contribution in [0.2, 0.25) is 5.15 Å². The fourth-order valence-corrected chi connectivity index (χ4v) is 3.14. The highest BCUT2D eigenvalue weighted by Gasteiger charge is 2.33. The van der Waals surface area contributed by atoms with Gasteiger partial charge in [0.05, 0.1) is 22.0 Å². The zero-order valence-electron chi connectivity index (χ0n) is 14.1. The number of nitro benzene ring substituents is 1. The highest BCUT2D eigenvalue weighted by atomic mass is 79.9. The first kappa shape index (κ1) is 20.3. The van der Waals surface area contributed by atoms with Crippen LogP contribution in [0.25, 0.3) is 10.9 Å². The predicted octanol–water partition coefficient (Wildman–Crippen LogP) is 6.15. The maximum Gasteiger partial charge on any atom is 0.416 e. The average Bonchev–Trinajstić information content (AvgIpc) is 2.61. The summed E-state index contributed by atoms with van der Waals surface area (Å²) < 4.78 is 40.0. The predicted molar refractivity (Wildman–Crippen MR) is 102 cm³/mol. The van der Waals surface area contributed by atoms with Crippen molar-refractivity contribution in [2.45, 2.75) is 19.1 Å². The van der Waals surface area contributed by atoms with Crippen molar-refractivity contribution in [2.75, 3.05) is 5.32 Å². The first-order valence-electron chi connectivity index (χ1n) is 7.79. The van der Waals surface area contributed by atoms with E-state index in [9.17, 15) is 23.3 Å². The Labute approximate surface area is 170 Å². The molecule has 1 N–H and O–H groups in total. The molecule has 1 aromatic carbocycles. The van der Waals surface area contributed by atoms with Crippen molar-refractivity contribution in [3.8, 4) is 0 Å². The zero-order valence-corrected chi connectivity index (χ0v) is 16.4. The molecule has 0 aliphatic heterocycles. The van der Waals surface area contributed by atoms with Crippen LogP contribution < -0.4 is 5.32 Å². The van der Waals surface area contributed by atoms with Gasteiger partial charge in [0.25, 0.3) is 5.69 Å². The van der Waals surface area contributed by atoms with E-state index in [-0.39, 0.29) is 10.7 Å². The lowest BCUT2D eigenvalue weighted by molar-refractivity contribution is -0.385. The van der Waals surface area contributed by atoms with Gasteiger partial charge in [0, 0.05) is 34.3 Å². The highest BCUT2D eigenvalue weighted by molar-refractivity contribution is 9.10. The lowest BCUT2D eigenvalue weighted by Crippen LogP contribution is -2.12. The van der Waals surface area contributed by atoms with E-state index in [1.165, 1.54) is 0 Å². The second kappa shape index (κ2) is 7.51. The minimum absolute atomic E-state index is 0.0828. The number of hydrogen-bond acceptors (Lipinski definition) is 5. The molecule has 1 atom stereocenters. The molecular weight excluding hydrogens is 465 g/mol. The molecule has 0 saturated heterocycles. The Morgan fingerprint density at radius 1 is 1.25 bits per heavy atom. The molecule has 0 fully saturated rings. The Kier molecular flexibility index (Phi) is 5.44. The van der Waals surface area contributed by atoms with E-state index in [0.29, 0.717) is 27.3 Å². The van der Waals surface area contributed by atoms with Crippen LogP contribution in [0.1, 0.15) is 24.1 Å².